The molecule has 0 N–H and O–H groups in total. The molecule has 0 bridgehead atoms. The number of ether oxygens (including phenoxy) is 1. The maximum absolute atomic E-state index is 12.5. The molecular weight excluding hydrogens is 296 g/mol. The largest absolute Gasteiger partial charge is 0.378 e. The van der Waals surface area contributed by atoms with Crippen LogP contribution in [-0.4, -0.2) is 64.2 Å². The highest BCUT2D eigenvalue weighted by molar-refractivity contribution is 5.78. The first kappa shape index (κ1) is 16.0. The van der Waals surface area contributed by atoms with Gasteiger partial charge in [-0.2, -0.15) is 5.10 Å². The average Bonchev–Trinajstić information content (AvgIpc) is 3.04. The third-order valence-corrected chi connectivity index (χ3v) is 4.47. The molecule has 1 aromatic rings. The van der Waals surface area contributed by atoms with Crippen LogP contribution in [0, 0.1) is 0 Å². The molecule has 1 atom stereocenters. The second kappa shape index (κ2) is 7.12. The van der Waals surface area contributed by atoms with Crippen molar-refractivity contribution < 1.29 is 14.3 Å². The van der Waals surface area contributed by atoms with E-state index in [1.807, 2.05) is 27.5 Å². The number of fused-ring (bicyclic) bond motifs is 1. The maximum Gasteiger partial charge on any atom is 0.224 e. The van der Waals surface area contributed by atoms with Crippen molar-refractivity contribution in [1.29, 1.82) is 0 Å². The van der Waals surface area contributed by atoms with Crippen LogP contribution in [0.5, 0.6) is 0 Å². The fourth-order valence-corrected chi connectivity index (χ4v) is 3.24. The Morgan fingerprint density at radius 1 is 1.26 bits per heavy atom. The van der Waals surface area contributed by atoms with Gasteiger partial charge >= 0.3 is 0 Å². The summed E-state index contributed by atoms with van der Waals surface area (Å²) in [7, 11) is 0. The predicted octanol–water partition coefficient (Wildman–Crippen LogP) is 0.815. The van der Waals surface area contributed by atoms with E-state index in [4.69, 9.17) is 4.74 Å². The van der Waals surface area contributed by atoms with Gasteiger partial charge in [-0.3, -0.25) is 14.3 Å². The summed E-state index contributed by atoms with van der Waals surface area (Å²) in [4.78, 5) is 28.5. The van der Waals surface area contributed by atoms with Crippen molar-refractivity contribution in [1.82, 2.24) is 19.6 Å². The highest BCUT2D eigenvalue weighted by Gasteiger charge is 2.31. The van der Waals surface area contributed by atoms with Crippen molar-refractivity contribution in [3.05, 3.63) is 18.0 Å². The molecule has 2 amide bonds. The zero-order valence-corrected chi connectivity index (χ0v) is 13.6. The molecule has 0 spiro atoms. The van der Waals surface area contributed by atoms with Gasteiger partial charge in [-0.1, -0.05) is 6.92 Å². The van der Waals surface area contributed by atoms with Gasteiger partial charge in [0.1, 0.15) is 0 Å². The Bertz CT molecular complexity index is 565. The van der Waals surface area contributed by atoms with Crippen LogP contribution in [0.4, 0.5) is 0 Å². The number of hydrogen-bond acceptors (Lipinski definition) is 4. The summed E-state index contributed by atoms with van der Waals surface area (Å²) in [5.41, 5.74) is 1.00. The zero-order chi connectivity index (χ0) is 16.2. The van der Waals surface area contributed by atoms with Gasteiger partial charge < -0.3 is 14.5 Å². The standard InChI is InChI=1S/C16H24N4O3/c1-2-3-15(21)19-11-13-4-5-17-20(13)14(12-19)10-16(22)18-6-8-23-9-7-18/h4-5,14H,2-3,6-12H2,1H3/t14-/m0/s1. The van der Waals surface area contributed by atoms with E-state index in [1.165, 1.54) is 0 Å². The van der Waals surface area contributed by atoms with E-state index in [0.717, 1.165) is 12.1 Å². The fourth-order valence-electron chi connectivity index (χ4n) is 3.24. The van der Waals surface area contributed by atoms with Crippen LogP contribution < -0.4 is 0 Å². The molecule has 23 heavy (non-hydrogen) atoms. The van der Waals surface area contributed by atoms with E-state index < -0.39 is 0 Å². The highest BCUT2D eigenvalue weighted by atomic mass is 16.5. The minimum atomic E-state index is -0.0788. The predicted molar refractivity (Wildman–Crippen MR) is 83.6 cm³/mol. The topological polar surface area (TPSA) is 67.7 Å². The second-order valence-electron chi connectivity index (χ2n) is 6.14. The van der Waals surface area contributed by atoms with E-state index in [2.05, 4.69) is 5.10 Å². The molecule has 2 aliphatic heterocycles. The van der Waals surface area contributed by atoms with Crippen molar-refractivity contribution in [2.24, 2.45) is 0 Å². The smallest absolute Gasteiger partial charge is 0.224 e. The molecule has 126 valence electrons. The van der Waals surface area contributed by atoms with Gasteiger partial charge in [0.2, 0.25) is 11.8 Å². The summed E-state index contributed by atoms with van der Waals surface area (Å²) in [6.07, 6.45) is 3.52. The average molecular weight is 320 g/mol. The summed E-state index contributed by atoms with van der Waals surface area (Å²) in [6.45, 7) is 5.65. The summed E-state index contributed by atoms with van der Waals surface area (Å²) in [6, 6.07) is 1.85. The Hall–Kier alpha value is -1.89. The molecule has 1 fully saturated rings. The lowest BCUT2D eigenvalue weighted by molar-refractivity contribution is -0.139. The molecule has 7 heteroatoms. The zero-order valence-electron chi connectivity index (χ0n) is 13.6. The quantitative estimate of drug-likeness (QED) is 0.823. The van der Waals surface area contributed by atoms with Crippen LogP contribution in [0.2, 0.25) is 0 Å². The van der Waals surface area contributed by atoms with Crippen LogP contribution in [0.15, 0.2) is 12.3 Å². The highest BCUT2D eigenvalue weighted by Crippen LogP contribution is 2.24. The van der Waals surface area contributed by atoms with Crippen molar-refractivity contribution in [2.75, 3.05) is 32.8 Å². The van der Waals surface area contributed by atoms with Gasteiger partial charge in [0, 0.05) is 32.3 Å². The normalized spacial score (nSPS) is 21.2. The van der Waals surface area contributed by atoms with Crippen molar-refractivity contribution in [2.45, 2.75) is 38.8 Å². The SMILES string of the molecule is CCCC(=O)N1Cc2ccnn2[C@@H](CC(=O)N2CCOCC2)C1. The van der Waals surface area contributed by atoms with E-state index in [-0.39, 0.29) is 17.9 Å². The van der Waals surface area contributed by atoms with E-state index in [1.54, 1.807) is 6.20 Å². The lowest BCUT2D eigenvalue weighted by atomic mass is 10.1. The molecule has 3 rings (SSSR count). The van der Waals surface area contributed by atoms with Crippen molar-refractivity contribution >= 4 is 11.8 Å². The molecule has 2 aliphatic rings. The van der Waals surface area contributed by atoms with Crippen molar-refractivity contribution in [3.63, 3.8) is 0 Å². The Labute approximate surface area is 136 Å². The summed E-state index contributed by atoms with van der Waals surface area (Å²) in [5, 5.41) is 4.36. The number of nitrogens with zero attached hydrogens (tertiary/aromatic N) is 4. The molecule has 0 aromatic carbocycles. The number of rotatable bonds is 4. The summed E-state index contributed by atoms with van der Waals surface area (Å²) >= 11 is 0. The Kier molecular flexibility index (Phi) is 4.95. The van der Waals surface area contributed by atoms with Gasteiger partial charge in [0.05, 0.1) is 37.9 Å². The maximum atomic E-state index is 12.5. The van der Waals surface area contributed by atoms with Gasteiger partial charge in [-0.05, 0) is 12.5 Å². The number of amides is 2. The number of morpholine rings is 1. The molecule has 0 aliphatic carbocycles. The van der Waals surface area contributed by atoms with Crippen LogP contribution in [0.25, 0.3) is 0 Å². The molecule has 0 saturated carbocycles. The molecule has 1 saturated heterocycles. The van der Waals surface area contributed by atoms with E-state index in [9.17, 15) is 9.59 Å². The van der Waals surface area contributed by atoms with E-state index >= 15 is 0 Å². The van der Waals surface area contributed by atoms with Gasteiger partial charge in [-0.15, -0.1) is 0 Å². The van der Waals surface area contributed by atoms with Crippen LogP contribution in [-0.2, 0) is 20.9 Å². The number of carbonyl (C=O) groups excluding carboxylic acids is 2. The summed E-state index contributed by atoms with van der Waals surface area (Å²) in [5.74, 6) is 0.272. The molecule has 0 unspecified atom stereocenters. The Balaban J connectivity index is 1.70. The van der Waals surface area contributed by atoms with Crippen LogP contribution >= 0.6 is 0 Å². The third kappa shape index (κ3) is 3.55. The second-order valence-corrected chi connectivity index (χ2v) is 6.14. The molecule has 3 heterocycles. The number of hydrogen-bond donors (Lipinski definition) is 0. The van der Waals surface area contributed by atoms with Crippen LogP contribution in [0.3, 0.4) is 0 Å². The first-order valence-electron chi connectivity index (χ1n) is 8.34. The Morgan fingerprint density at radius 3 is 2.78 bits per heavy atom. The van der Waals surface area contributed by atoms with Gasteiger partial charge in [-0.25, -0.2) is 0 Å². The monoisotopic (exact) mass is 320 g/mol. The molecule has 7 nitrogen and oxygen atoms in total. The first-order valence-corrected chi connectivity index (χ1v) is 8.34. The first-order chi connectivity index (χ1) is 11.2. The third-order valence-electron chi connectivity index (χ3n) is 4.47. The van der Waals surface area contributed by atoms with Gasteiger partial charge in [0.15, 0.2) is 0 Å². The molecule has 0 radical (unpaired) electrons. The molecule has 1 aromatic heterocycles. The number of aromatic nitrogens is 2. The lowest BCUT2D eigenvalue weighted by Gasteiger charge is -2.35. The number of carbonyl (C=O) groups is 2. The minimum absolute atomic E-state index is 0.0788. The minimum Gasteiger partial charge on any atom is -0.378 e. The fraction of sp³-hybridized carbons (Fsp3) is 0.688. The van der Waals surface area contributed by atoms with E-state index in [0.29, 0.717) is 52.2 Å². The summed E-state index contributed by atoms with van der Waals surface area (Å²) < 4.78 is 7.21. The van der Waals surface area contributed by atoms with Crippen molar-refractivity contribution in [3.8, 4) is 0 Å². The molecular formula is C16H24N4O3. The Morgan fingerprint density at radius 2 is 2.04 bits per heavy atom. The van der Waals surface area contributed by atoms with Crippen LogP contribution in [0.1, 0.15) is 37.9 Å². The lowest BCUT2D eigenvalue weighted by Crippen LogP contribution is -2.45. The van der Waals surface area contributed by atoms with Gasteiger partial charge in [0.25, 0.3) is 0 Å².